The van der Waals surface area contributed by atoms with Gasteiger partial charge in [-0.1, -0.05) is 6.92 Å². The summed E-state index contributed by atoms with van der Waals surface area (Å²) in [5, 5.41) is 3.31. The first-order chi connectivity index (χ1) is 6.19. The average molecular weight is 188 g/mol. The molecule has 0 saturated carbocycles. The maximum atomic E-state index is 5.93. The molecule has 0 aromatic heterocycles. The van der Waals surface area contributed by atoms with E-state index in [-0.39, 0.29) is 11.5 Å². The summed E-state index contributed by atoms with van der Waals surface area (Å²) >= 11 is 0. The molecule has 0 bridgehead atoms. The number of hydrogen-bond donors (Lipinski definition) is 2. The monoisotopic (exact) mass is 188 g/mol. The molecule has 0 aromatic rings. The minimum atomic E-state index is 0.0910. The van der Waals surface area contributed by atoms with Crippen molar-refractivity contribution in [2.45, 2.75) is 13.0 Å². The van der Waals surface area contributed by atoms with Gasteiger partial charge in [-0.2, -0.15) is 0 Å². The third-order valence-electron chi connectivity index (χ3n) is 2.64. The van der Waals surface area contributed by atoms with Gasteiger partial charge in [0.1, 0.15) is 0 Å². The van der Waals surface area contributed by atoms with E-state index < -0.39 is 0 Å². The standard InChI is InChI=1S/C9H20N2O2/c1-9(6-11-3-4-12-2)7-13-5-8(9)10/h8,11H,3-7,10H2,1-2H3. The number of nitrogens with one attached hydrogen (secondary N) is 1. The summed E-state index contributed by atoms with van der Waals surface area (Å²) in [5.74, 6) is 0. The second-order valence-corrected chi connectivity index (χ2v) is 3.95. The second-order valence-electron chi connectivity index (χ2n) is 3.95. The summed E-state index contributed by atoms with van der Waals surface area (Å²) in [6, 6.07) is 0.155. The van der Waals surface area contributed by atoms with E-state index in [4.69, 9.17) is 15.2 Å². The molecule has 1 saturated heterocycles. The number of nitrogens with two attached hydrogens (primary N) is 1. The minimum absolute atomic E-state index is 0.0910. The minimum Gasteiger partial charge on any atom is -0.383 e. The fourth-order valence-corrected chi connectivity index (χ4v) is 1.46. The van der Waals surface area contributed by atoms with Crippen LogP contribution in [-0.4, -0.2) is 46.1 Å². The number of methoxy groups -OCH3 is 1. The lowest BCUT2D eigenvalue weighted by Crippen LogP contribution is -2.45. The quantitative estimate of drug-likeness (QED) is 0.576. The van der Waals surface area contributed by atoms with Crippen LogP contribution in [0.1, 0.15) is 6.92 Å². The van der Waals surface area contributed by atoms with E-state index in [1.54, 1.807) is 7.11 Å². The van der Waals surface area contributed by atoms with Crippen LogP contribution in [0.15, 0.2) is 0 Å². The van der Waals surface area contributed by atoms with Gasteiger partial charge in [-0.25, -0.2) is 0 Å². The van der Waals surface area contributed by atoms with Crippen LogP contribution >= 0.6 is 0 Å². The Bertz CT molecular complexity index is 155. The van der Waals surface area contributed by atoms with Crippen molar-refractivity contribution < 1.29 is 9.47 Å². The van der Waals surface area contributed by atoms with Crippen molar-refractivity contribution in [2.24, 2.45) is 11.1 Å². The molecule has 0 spiro atoms. The molecule has 1 aliphatic rings. The maximum absolute atomic E-state index is 5.93. The van der Waals surface area contributed by atoms with E-state index in [1.807, 2.05) is 0 Å². The summed E-state index contributed by atoms with van der Waals surface area (Å²) in [4.78, 5) is 0. The highest BCUT2D eigenvalue weighted by molar-refractivity contribution is 4.91. The van der Waals surface area contributed by atoms with E-state index in [1.165, 1.54) is 0 Å². The van der Waals surface area contributed by atoms with E-state index >= 15 is 0 Å². The molecule has 1 rings (SSSR count). The van der Waals surface area contributed by atoms with Crippen LogP contribution in [0.4, 0.5) is 0 Å². The Kier molecular flexibility index (Phi) is 4.12. The van der Waals surface area contributed by atoms with Crippen LogP contribution < -0.4 is 11.1 Å². The number of rotatable bonds is 5. The van der Waals surface area contributed by atoms with Crippen LogP contribution in [0.2, 0.25) is 0 Å². The normalized spacial score (nSPS) is 33.9. The molecule has 2 atom stereocenters. The summed E-state index contributed by atoms with van der Waals surface area (Å²) in [7, 11) is 1.70. The highest BCUT2D eigenvalue weighted by Crippen LogP contribution is 2.25. The lowest BCUT2D eigenvalue weighted by Gasteiger charge is -2.26. The molecule has 0 aromatic carbocycles. The molecule has 13 heavy (non-hydrogen) atoms. The predicted molar refractivity (Wildman–Crippen MR) is 51.6 cm³/mol. The maximum Gasteiger partial charge on any atom is 0.0624 e. The molecule has 0 aliphatic carbocycles. The van der Waals surface area contributed by atoms with Gasteiger partial charge < -0.3 is 20.5 Å². The van der Waals surface area contributed by atoms with Gasteiger partial charge in [0, 0.05) is 31.7 Å². The van der Waals surface area contributed by atoms with Gasteiger partial charge in [0.15, 0.2) is 0 Å². The molecule has 2 unspecified atom stereocenters. The molecule has 0 amide bonds. The summed E-state index contributed by atoms with van der Waals surface area (Å²) in [6.45, 7) is 6.11. The lowest BCUT2D eigenvalue weighted by molar-refractivity contribution is 0.153. The van der Waals surface area contributed by atoms with Crippen LogP contribution in [0.25, 0.3) is 0 Å². The van der Waals surface area contributed by atoms with Crippen molar-refractivity contribution in [3.63, 3.8) is 0 Å². The first kappa shape index (κ1) is 10.9. The zero-order chi connectivity index (χ0) is 9.73. The zero-order valence-corrected chi connectivity index (χ0v) is 8.51. The SMILES string of the molecule is COCCNCC1(C)COCC1N. The van der Waals surface area contributed by atoms with Gasteiger partial charge in [0.25, 0.3) is 0 Å². The van der Waals surface area contributed by atoms with Gasteiger partial charge in [-0.15, -0.1) is 0 Å². The Labute approximate surface area is 79.8 Å². The average Bonchev–Trinajstić information content (AvgIpc) is 2.42. The molecule has 4 nitrogen and oxygen atoms in total. The Morgan fingerprint density at radius 2 is 2.46 bits per heavy atom. The van der Waals surface area contributed by atoms with Crippen molar-refractivity contribution in [1.82, 2.24) is 5.32 Å². The molecule has 1 aliphatic heterocycles. The fourth-order valence-electron chi connectivity index (χ4n) is 1.46. The first-order valence-corrected chi connectivity index (χ1v) is 4.72. The summed E-state index contributed by atoms with van der Waals surface area (Å²) < 4.78 is 10.3. The molecule has 3 N–H and O–H groups in total. The number of hydrogen-bond acceptors (Lipinski definition) is 4. The van der Waals surface area contributed by atoms with Gasteiger partial charge in [0.05, 0.1) is 19.8 Å². The van der Waals surface area contributed by atoms with Crippen molar-refractivity contribution in [3.8, 4) is 0 Å². The first-order valence-electron chi connectivity index (χ1n) is 4.72. The van der Waals surface area contributed by atoms with Gasteiger partial charge in [-0.05, 0) is 0 Å². The lowest BCUT2D eigenvalue weighted by atomic mass is 9.86. The Morgan fingerprint density at radius 3 is 3.00 bits per heavy atom. The van der Waals surface area contributed by atoms with Gasteiger partial charge in [0.2, 0.25) is 0 Å². The molecule has 0 radical (unpaired) electrons. The Morgan fingerprint density at radius 1 is 1.69 bits per heavy atom. The Balaban J connectivity index is 2.18. The molecule has 4 heteroatoms. The molecular formula is C9H20N2O2. The highest BCUT2D eigenvalue weighted by atomic mass is 16.5. The van der Waals surface area contributed by atoms with Gasteiger partial charge >= 0.3 is 0 Å². The summed E-state index contributed by atoms with van der Waals surface area (Å²) in [6.07, 6.45) is 0. The van der Waals surface area contributed by atoms with Crippen LogP contribution in [0, 0.1) is 5.41 Å². The molecular weight excluding hydrogens is 168 g/mol. The third-order valence-corrected chi connectivity index (χ3v) is 2.64. The zero-order valence-electron chi connectivity index (χ0n) is 8.51. The van der Waals surface area contributed by atoms with Crippen LogP contribution in [0.3, 0.4) is 0 Å². The van der Waals surface area contributed by atoms with E-state index in [0.29, 0.717) is 6.61 Å². The largest absolute Gasteiger partial charge is 0.383 e. The van der Waals surface area contributed by atoms with E-state index in [0.717, 1.165) is 26.3 Å². The van der Waals surface area contributed by atoms with Crippen molar-refractivity contribution in [2.75, 3.05) is 40.0 Å². The Hall–Kier alpha value is -0.160. The topological polar surface area (TPSA) is 56.5 Å². The van der Waals surface area contributed by atoms with Crippen molar-refractivity contribution in [1.29, 1.82) is 0 Å². The predicted octanol–water partition coefficient (Wildman–Crippen LogP) is -0.414. The van der Waals surface area contributed by atoms with E-state index in [9.17, 15) is 0 Å². The van der Waals surface area contributed by atoms with E-state index in [2.05, 4.69) is 12.2 Å². The number of ether oxygens (including phenoxy) is 2. The molecule has 78 valence electrons. The summed E-state index contributed by atoms with van der Waals surface area (Å²) in [5.41, 5.74) is 6.02. The van der Waals surface area contributed by atoms with Crippen LogP contribution in [0.5, 0.6) is 0 Å². The molecule has 1 heterocycles. The van der Waals surface area contributed by atoms with Crippen molar-refractivity contribution in [3.05, 3.63) is 0 Å². The second kappa shape index (κ2) is 4.91. The highest BCUT2D eigenvalue weighted by Gasteiger charge is 2.36. The van der Waals surface area contributed by atoms with Gasteiger partial charge in [-0.3, -0.25) is 0 Å². The van der Waals surface area contributed by atoms with Crippen LogP contribution in [-0.2, 0) is 9.47 Å². The van der Waals surface area contributed by atoms with Crippen molar-refractivity contribution >= 4 is 0 Å². The molecule has 1 fully saturated rings. The smallest absolute Gasteiger partial charge is 0.0624 e. The third kappa shape index (κ3) is 2.91. The fraction of sp³-hybridized carbons (Fsp3) is 1.00.